The molecule has 0 aromatic carbocycles. The number of carbonyl (C=O) groups is 1. The van der Waals surface area contributed by atoms with E-state index in [9.17, 15) is 4.79 Å². The highest BCUT2D eigenvalue weighted by Gasteiger charge is 2.24. The van der Waals surface area contributed by atoms with Crippen LogP contribution in [0.4, 0.5) is 5.13 Å². The average Bonchev–Trinajstić information content (AvgIpc) is 2.87. The van der Waals surface area contributed by atoms with Gasteiger partial charge in [0.25, 0.3) is 0 Å². The van der Waals surface area contributed by atoms with E-state index in [0.717, 1.165) is 17.2 Å². The molecule has 4 nitrogen and oxygen atoms in total. The summed E-state index contributed by atoms with van der Waals surface area (Å²) in [6.45, 7) is 2.06. The lowest BCUT2D eigenvalue weighted by molar-refractivity contribution is -0.140. The molecule has 1 aromatic heterocycles. The molecular weight excluding hydrogens is 224 g/mol. The van der Waals surface area contributed by atoms with Crippen molar-refractivity contribution in [1.82, 2.24) is 4.98 Å². The molecule has 2 atom stereocenters. The third-order valence-corrected chi connectivity index (χ3v) is 3.45. The molecule has 1 aliphatic carbocycles. The summed E-state index contributed by atoms with van der Waals surface area (Å²) in [4.78, 5) is 15.1. The third-order valence-electron chi connectivity index (χ3n) is 2.62. The second kappa shape index (κ2) is 4.65. The average molecular weight is 238 g/mol. The minimum Gasteiger partial charge on any atom is -0.481 e. The molecule has 2 unspecified atom stereocenters. The van der Waals surface area contributed by atoms with Gasteiger partial charge in [0.2, 0.25) is 0 Å². The lowest BCUT2D eigenvalue weighted by Gasteiger charge is -2.10. The largest absolute Gasteiger partial charge is 0.481 e. The monoisotopic (exact) mass is 238 g/mol. The summed E-state index contributed by atoms with van der Waals surface area (Å²) in [6.07, 6.45) is 5.19. The van der Waals surface area contributed by atoms with Gasteiger partial charge in [0, 0.05) is 11.4 Å². The lowest BCUT2D eigenvalue weighted by Crippen LogP contribution is -2.18. The van der Waals surface area contributed by atoms with Gasteiger partial charge in [-0.1, -0.05) is 19.1 Å². The molecule has 0 spiro atoms. The van der Waals surface area contributed by atoms with Crippen molar-refractivity contribution >= 4 is 22.4 Å². The standard InChI is InChI=1S/C11H14N2O2S/c1-2-8-6-16-11(12-8)13-9-4-3-7(5-9)10(14)15/h3-4,6-7,9H,2,5H2,1H3,(H,12,13)(H,14,15). The third kappa shape index (κ3) is 2.41. The van der Waals surface area contributed by atoms with Gasteiger partial charge in [-0.25, -0.2) is 4.98 Å². The minimum atomic E-state index is -0.756. The fraction of sp³-hybridized carbons (Fsp3) is 0.455. The Bertz CT molecular complexity index is 414. The normalized spacial score (nSPS) is 23.6. The number of aryl methyl sites for hydroxylation is 1. The lowest BCUT2D eigenvalue weighted by atomic mass is 10.1. The summed E-state index contributed by atoms with van der Waals surface area (Å²) >= 11 is 1.57. The number of thiazole rings is 1. The van der Waals surface area contributed by atoms with Crippen LogP contribution in [0.25, 0.3) is 0 Å². The minimum absolute atomic E-state index is 0.0944. The Morgan fingerprint density at radius 3 is 3.06 bits per heavy atom. The first-order chi connectivity index (χ1) is 7.69. The molecule has 1 aliphatic rings. The van der Waals surface area contributed by atoms with E-state index in [4.69, 9.17) is 5.11 Å². The van der Waals surface area contributed by atoms with E-state index in [1.54, 1.807) is 17.4 Å². The second-order valence-electron chi connectivity index (χ2n) is 3.81. The number of carboxylic acid groups (broad SMARTS) is 1. The summed E-state index contributed by atoms with van der Waals surface area (Å²) in [5.74, 6) is -1.11. The van der Waals surface area contributed by atoms with Crippen molar-refractivity contribution in [2.75, 3.05) is 5.32 Å². The molecule has 0 fully saturated rings. The number of rotatable bonds is 4. The summed E-state index contributed by atoms with van der Waals surface area (Å²) in [5.41, 5.74) is 1.07. The molecule has 5 heteroatoms. The van der Waals surface area contributed by atoms with E-state index in [1.807, 2.05) is 11.5 Å². The van der Waals surface area contributed by atoms with E-state index in [1.165, 1.54) is 0 Å². The van der Waals surface area contributed by atoms with E-state index >= 15 is 0 Å². The van der Waals surface area contributed by atoms with Crippen molar-refractivity contribution in [3.8, 4) is 0 Å². The molecule has 16 heavy (non-hydrogen) atoms. The van der Waals surface area contributed by atoms with Crippen LogP contribution >= 0.6 is 11.3 Å². The summed E-state index contributed by atoms with van der Waals surface area (Å²) in [7, 11) is 0. The molecule has 0 radical (unpaired) electrons. The molecule has 2 rings (SSSR count). The quantitative estimate of drug-likeness (QED) is 0.789. The predicted octanol–water partition coefficient (Wildman–Crippen LogP) is 2.15. The Kier molecular flexibility index (Phi) is 3.24. The fourth-order valence-electron chi connectivity index (χ4n) is 1.68. The van der Waals surface area contributed by atoms with Crippen LogP contribution in [0.15, 0.2) is 17.5 Å². The Morgan fingerprint density at radius 1 is 1.69 bits per heavy atom. The smallest absolute Gasteiger partial charge is 0.310 e. The molecule has 1 heterocycles. The number of hydrogen-bond donors (Lipinski definition) is 2. The molecule has 0 saturated carbocycles. The van der Waals surface area contributed by atoms with Crippen LogP contribution in [0.2, 0.25) is 0 Å². The van der Waals surface area contributed by atoms with Crippen LogP contribution in [0.5, 0.6) is 0 Å². The van der Waals surface area contributed by atoms with Crippen LogP contribution in [0.1, 0.15) is 19.0 Å². The second-order valence-corrected chi connectivity index (χ2v) is 4.67. The fourth-order valence-corrected chi connectivity index (χ4v) is 2.54. The van der Waals surface area contributed by atoms with E-state index in [0.29, 0.717) is 6.42 Å². The number of aromatic nitrogens is 1. The van der Waals surface area contributed by atoms with Crippen LogP contribution in [-0.4, -0.2) is 22.1 Å². The van der Waals surface area contributed by atoms with Gasteiger partial charge in [0.15, 0.2) is 5.13 Å². The number of nitrogens with one attached hydrogen (secondary N) is 1. The van der Waals surface area contributed by atoms with Crippen molar-refractivity contribution in [2.24, 2.45) is 5.92 Å². The zero-order valence-corrected chi connectivity index (χ0v) is 9.83. The number of nitrogens with zero attached hydrogens (tertiary/aromatic N) is 1. The molecule has 1 aromatic rings. The number of anilines is 1. The molecule has 0 bridgehead atoms. The number of carboxylic acids is 1. The predicted molar refractivity (Wildman–Crippen MR) is 63.8 cm³/mol. The highest BCUT2D eigenvalue weighted by Crippen LogP contribution is 2.23. The molecule has 86 valence electrons. The maximum atomic E-state index is 10.8. The van der Waals surface area contributed by atoms with Gasteiger partial charge in [-0.15, -0.1) is 11.3 Å². The van der Waals surface area contributed by atoms with Gasteiger partial charge >= 0.3 is 5.97 Å². The van der Waals surface area contributed by atoms with Crippen molar-refractivity contribution in [3.63, 3.8) is 0 Å². The molecular formula is C11H14N2O2S. The van der Waals surface area contributed by atoms with Crippen LogP contribution < -0.4 is 5.32 Å². The van der Waals surface area contributed by atoms with Crippen LogP contribution in [-0.2, 0) is 11.2 Å². The topological polar surface area (TPSA) is 62.2 Å². The van der Waals surface area contributed by atoms with E-state index < -0.39 is 5.97 Å². The summed E-state index contributed by atoms with van der Waals surface area (Å²) in [5, 5.41) is 15.0. The van der Waals surface area contributed by atoms with Gasteiger partial charge in [0.05, 0.1) is 11.6 Å². The van der Waals surface area contributed by atoms with Crippen LogP contribution in [0.3, 0.4) is 0 Å². The molecule has 0 aliphatic heterocycles. The Hall–Kier alpha value is -1.36. The van der Waals surface area contributed by atoms with Crippen molar-refractivity contribution in [2.45, 2.75) is 25.8 Å². The number of aliphatic carboxylic acids is 1. The van der Waals surface area contributed by atoms with Crippen molar-refractivity contribution in [1.29, 1.82) is 0 Å². The van der Waals surface area contributed by atoms with Gasteiger partial charge in [-0.05, 0) is 12.8 Å². The molecule has 0 saturated heterocycles. The maximum absolute atomic E-state index is 10.8. The first kappa shape index (κ1) is 11.1. The first-order valence-electron chi connectivity index (χ1n) is 5.31. The van der Waals surface area contributed by atoms with Crippen molar-refractivity contribution in [3.05, 3.63) is 23.2 Å². The highest BCUT2D eigenvalue weighted by atomic mass is 32.1. The Morgan fingerprint density at radius 2 is 2.50 bits per heavy atom. The van der Waals surface area contributed by atoms with E-state index in [-0.39, 0.29) is 12.0 Å². The SMILES string of the molecule is CCc1csc(NC2C=CC(C(=O)O)C2)n1. The first-order valence-corrected chi connectivity index (χ1v) is 6.19. The molecule has 0 amide bonds. The zero-order valence-electron chi connectivity index (χ0n) is 9.01. The highest BCUT2D eigenvalue weighted by molar-refractivity contribution is 7.13. The zero-order chi connectivity index (χ0) is 11.5. The summed E-state index contributed by atoms with van der Waals surface area (Å²) in [6, 6.07) is 0.0944. The van der Waals surface area contributed by atoms with Crippen molar-refractivity contribution < 1.29 is 9.90 Å². The maximum Gasteiger partial charge on any atom is 0.310 e. The van der Waals surface area contributed by atoms with Crippen LogP contribution in [0, 0.1) is 5.92 Å². The van der Waals surface area contributed by atoms with Gasteiger partial charge in [-0.2, -0.15) is 0 Å². The van der Waals surface area contributed by atoms with Gasteiger partial charge in [0.1, 0.15) is 0 Å². The number of hydrogen-bond acceptors (Lipinski definition) is 4. The van der Waals surface area contributed by atoms with Gasteiger partial charge < -0.3 is 10.4 Å². The molecule has 2 N–H and O–H groups in total. The van der Waals surface area contributed by atoms with E-state index in [2.05, 4.69) is 17.2 Å². The Balaban J connectivity index is 1.92. The van der Waals surface area contributed by atoms with Gasteiger partial charge in [-0.3, -0.25) is 4.79 Å². The Labute approximate surface area is 98.0 Å². The summed E-state index contributed by atoms with van der Waals surface area (Å²) < 4.78 is 0.